The summed E-state index contributed by atoms with van der Waals surface area (Å²) in [6, 6.07) is 12.7. The fourth-order valence-corrected chi connectivity index (χ4v) is 2.96. The molecule has 1 heterocycles. The Morgan fingerprint density at radius 1 is 1.18 bits per heavy atom. The van der Waals surface area contributed by atoms with Crippen LogP contribution in [-0.4, -0.2) is 38.0 Å². The summed E-state index contributed by atoms with van der Waals surface area (Å²) in [4.78, 5) is 37.6. The third-order valence-corrected chi connectivity index (χ3v) is 4.33. The Bertz CT molecular complexity index is 902. The molecular weight excluding hydrogens is 367 g/mol. The second-order valence-electron chi connectivity index (χ2n) is 6.21. The lowest BCUT2D eigenvalue weighted by molar-refractivity contribution is -0.151. The maximum absolute atomic E-state index is 13.9. The van der Waals surface area contributed by atoms with Gasteiger partial charge in [-0.2, -0.15) is 0 Å². The molecule has 1 aliphatic heterocycles. The maximum Gasteiger partial charge on any atom is 0.311 e. The van der Waals surface area contributed by atoms with E-state index in [1.54, 1.807) is 30.3 Å². The first-order valence-electron chi connectivity index (χ1n) is 8.64. The lowest BCUT2D eigenvalue weighted by Gasteiger charge is -2.17. The van der Waals surface area contributed by atoms with E-state index in [0.717, 1.165) is 0 Å². The topological polar surface area (TPSA) is 84.9 Å². The summed E-state index contributed by atoms with van der Waals surface area (Å²) in [5, 5.41) is 2.59. The van der Waals surface area contributed by atoms with Crippen molar-refractivity contribution in [3.63, 3.8) is 0 Å². The molecule has 0 radical (unpaired) electrons. The van der Waals surface area contributed by atoms with Crippen molar-refractivity contribution in [2.75, 3.05) is 30.5 Å². The molecule has 8 heteroatoms. The van der Waals surface area contributed by atoms with E-state index < -0.39 is 30.2 Å². The number of hydrogen-bond donors (Lipinski definition) is 1. The molecule has 2 amide bonds. The van der Waals surface area contributed by atoms with Gasteiger partial charge in [-0.25, -0.2) is 4.39 Å². The van der Waals surface area contributed by atoms with Gasteiger partial charge in [-0.3, -0.25) is 14.4 Å². The average molecular weight is 386 g/mol. The Hall–Kier alpha value is -3.42. The lowest BCUT2D eigenvalue weighted by Crippen LogP contribution is -2.28. The van der Waals surface area contributed by atoms with E-state index in [1.807, 2.05) is 0 Å². The van der Waals surface area contributed by atoms with Crippen LogP contribution in [0, 0.1) is 11.7 Å². The normalized spacial score (nSPS) is 16.0. The Morgan fingerprint density at radius 3 is 2.64 bits per heavy atom. The highest BCUT2D eigenvalue weighted by molar-refractivity contribution is 6.00. The van der Waals surface area contributed by atoms with Crippen molar-refractivity contribution >= 4 is 29.2 Å². The molecule has 0 aliphatic carbocycles. The van der Waals surface area contributed by atoms with Crippen LogP contribution in [0.5, 0.6) is 5.75 Å². The first-order valence-corrected chi connectivity index (χ1v) is 8.64. The van der Waals surface area contributed by atoms with Crippen LogP contribution in [0.25, 0.3) is 0 Å². The molecule has 3 rings (SSSR count). The quantitative estimate of drug-likeness (QED) is 0.771. The van der Waals surface area contributed by atoms with E-state index >= 15 is 0 Å². The van der Waals surface area contributed by atoms with Crippen LogP contribution < -0.4 is 15.0 Å². The second-order valence-corrected chi connectivity index (χ2v) is 6.21. The molecule has 0 bridgehead atoms. The largest absolute Gasteiger partial charge is 0.495 e. The SMILES string of the molecule is COc1ccccc1NC(=O)COC(=O)[C@@H]1CC(=O)N(c2ccccc2F)C1. The molecule has 2 aromatic rings. The number of carbonyl (C=O) groups excluding carboxylic acids is 3. The van der Waals surface area contributed by atoms with Crippen LogP contribution in [0.2, 0.25) is 0 Å². The van der Waals surface area contributed by atoms with E-state index in [0.29, 0.717) is 11.4 Å². The summed E-state index contributed by atoms with van der Waals surface area (Å²) in [5.74, 6) is -2.41. The van der Waals surface area contributed by atoms with Gasteiger partial charge in [0.15, 0.2) is 6.61 Å². The lowest BCUT2D eigenvalue weighted by atomic mass is 10.1. The summed E-state index contributed by atoms with van der Waals surface area (Å²) in [6.45, 7) is -0.492. The summed E-state index contributed by atoms with van der Waals surface area (Å²) in [6.07, 6.45) is -0.0959. The standard InChI is InChI=1S/C20H19FN2O5/c1-27-17-9-5-3-7-15(17)22-18(24)12-28-20(26)13-10-19(25)23(11-13)16-8-4-2-6-14(16)21/h2-9,13H,10-12H2,1H3,(H,22,24)/t13-/m1/s1. The molecule has 0 unspecified atom stereocenters. The Morgan fingerprint density at radius 2 is 1.89 bits per heavy atom. The van der Waals surface area contributed by atoms with Gasteiger partial charge in [0, 0.05) is 13.0 Å². The van der Waals surface area contributed by atoms with Crippen molar-refractivity contribution in [3.05, 3.63) is 54.3 Å². The molecule has 1 atom stereocenters. The van der Waals surface area contributed by atoms with E-state index in [1.165, 1.54) is 30.2 Å². The maximum atomic E-state index is 13.9. The van der Waals surface area contributed by atoms with Gasteiger partial charge in [-0.05, 0) is 24.3 Å². The van der Waals surface area contributed by atoms with Crippen molar-refractivity contribution in [2.45, 2.75) is 6.42 Å². The highest BCUT2D eigenvalue weighted by Crippen LogP contribution is 2.28. The number of nitrogens with one attached hydrogen (secondary N) is 1. The van der Waals surface area contributed by atoms with Gasteiger partial charge in [0.05, 0.1) is 24.4 Å². The smallest absolute Gasteiger partial charge is 0.311 e. The van der Waals surface area contributed by atoms with E-state index in [-0.39, 0.29) is 24.6 Å². The van der Waals surface area contributed by atoms with Gasteiger partial charge in [0.1, 0.15) is 11.6 Å². The van der Waals surface area contributed by atoms with Crippen molar-refractivity contribution < 1.29 is 28.2 Å². The number of methoxy groups -OCH3 is 1. The average Bonchev–Trinajstić information content (AvgIpc) is 3.08. The first-order chi connectivity index (χ1) is 13.5. The number of benzene rings is 2. The number of halogens is 1. The molecule has 2 aromatic carbocycles. The van der Waals surface area contributed by atoms with Gasteiger partial charge in [-0.1, -0.05) is 24.3 Å². The number of rotatable bonds is 6. The zero-order valence-electron chi connectivity index (χ0n) is 15.2. The Kier molecular flexibility index (Phi) is 5.88. The molecule has 0 aromatic heterocycles. The minimum Gasteiger partial charge on any atom is -0.495 e. The van der Waals surface area contributed by atoms with Gasteiger partial charge >= 0.3 is 5.97 Å². The van der Waals surface area contributed by atoms with Crippen LogP contribution in [0.4, 0.5) is 15.8 Å². The summed E-state index contributed by atoms with van der Waals surface area (Å²) < 4.78 is 24.1. The molecule has 28 heavy (non-hydrogen) atoms. The Labute approximate surface area is 161 Å². The highest BCUT2D eigenvalue weighted by atomic mass is 19.1. The number of carbonyl (C=O) groups is 3. The highest BCUT2D eigenvalue weighted by Gasteiger charge is 2.37. The molecule has 146 valence electrons. The summed E-state index contributed by atoms with van der Waals surface area (Å²) in [5.41, 5.74) is 0.574. The predicted octanol–water partition coefficient (Wildman–Crippen LogP) is 2.37. The predicted molar refractivity (Wildman–Crippen MR) is 99.4 cm³/mol. The van der Waals surface area contributed by atoms with E-state index in [4.69, 9.17) is 9.47 Å². The molecule has 0 saturated carbocycles. The number of ether oxygens (including phenoxy) is 2. The molecule has 7 nitrogen and oxygen atoms in total. The molecule has 1 saturated heterocycles. The third kappa shape index (κ3) is 4.28. The van der Waals surface area contributed by atoms with Gasteiger partial charge in [-0.15, -0.1) is 0 Å². The van der Waals surface area contributed by atoms with Crippen LogP contribution in [0.3, 0.4) is 0 Å². The monoisotopic (exact) mass is 386 g/mol. The third-order valence-electron chi connectivity index (χ3n) is 4.33. The van der Waals surface area contributed by atoms with Crippen LogP contribution in [-0.2, 0) is 19.1 Å². The van der Waals surface area contributed by atoms with Crippen LogP contribution in [0.15, 0.2) is 48.5 Å². The van der Waals surface area contributed by atoms with E-state index in [2.05, 4.69) is 5.32 Å². The van der Waals surface area contributed by atoms with Crippen molar-refractivity contribution in [1.82, 2.24) is 0 Å². The molecular formula is C20H19FN2O5. The Balaban J connectivity index is 1.55. The van der Waals surface area contributed by atoms with Gasteiger partial charge in [0.2, 0.25) is 5.91 Å². The number of amides is 2. The van der Waals surface area contributed by atoms with Crippen molar-refractivity contribution in [1.29, 1.82) is 0 Å². The number of esters is 1. The van der Waals surface area contributed by atoms with Crippen molar-refractivity contribution in [3.8, 4) is 5.75 Å². The zero-order valence-corrected chi connectivity index (χ0v) is 15.2. The first kappa shape index (κ1) is 19.3. The number of para-hydroxylation sites is 3. The molecule has 1 aliphatic rings. The zero-order chi connectivity index (χ0) is 20.1. The van der Waals surface area contributed by atoms with Crippen LogP contribution in [0.1, 0.15) is 6.42 Å². The van der Waals surface area contributed by atoms with Crippen LogP contribution >= 0.6 is 0 Å². The number of nitrogens with zero attached hydrogens (tertiary/aromatic N) is 1. The summed E-state index contributed by atoms with van der Waals surface area (Å²) >= 11 is 0. The fourth-order valence-electron chi connectivity index (χ4n) is 2.96. The van der Waals surface area contributed by atoms with Crippen molar-refractivity contribution in [2.24, 2.45) is 5.92 Å². The van der Waals surface area contributed by atoms with Gasteiger partial charge < -0.3 is 19.7 Å². The fraction of sp³-hybridized carbons (Fsp3) is 0.250. The summed E-state index contributed by atoms with van der Waals surface area (Å²) in [7, 11) is 1.48. The minimum atomic E-state index is -0.758. The van der Waals surface area contributed by atoms with Gasteiger partial charge in [0.25, 0.3) is 5.91 Å². The molecule has 1 fully saturated rings. The molecule has 0 spiro atoms. The molecule has 1 N–H and O–H groups in total. The number of hydrogen-bond acceptors (Lipinski definition) is 5. The second kappa shape index (κ2) is 8.51. The van der Waals surface area contributed by atoms with E-state index in [9.17, 15) is 18.8 Å². The minimum absolute atomic E-state index is 0.00667. The number of anilines is 2.